The minimum Gasteiger partial charge on any atom is -0.481 e. The number of hydrogen-bond acceptors (Lipinski definition) is 4. The molecule has 6 nitrogen and oxygen atoms in total. The highest BCUT2D eigenvalue weighted by Crippen LogP contribution is 2.27. The van der Waals surface area contributed by atoms with Crippen molar-refractivity contribution in [3.63, 3.8) is 0 Å². The molecule has 0 aliphatic heterocycles. The maximum absolute atomic E-state index is 11.7. The molecule has 6 heteroatoms. The fraction of sp³-hybridized carbons (Fsp3) is 0.857. The second kappa shape index (κ2) is 8.21. The number of carbonyl (C=O) groups excluding carboxylic acids is 1. The Morgan fingerprint density at radius 3 is 2.45 bits per heavy atom. The molecule has 1 aliphatic rings. The summed E-state index contributed by atoms with van der Waals surface area (Å²) in [6.45, 7) is 1.72. The first kappa shape index (κ1) is 16.9. The van der Waals surface area contributed by atoms with Gasteiger partial charge in [0.25, 0.3) is 0 Å². The monoisotopic (exact) mass is 286 g/mol. The van der Waals surface area contributed by atoms with Gasteiger partial charge in [-0.1, -0.05) is 32.1 Å². The third-order valence-electron chi connectivity index (χ3n) is 3.98. The van der Waals surface area contributed by atoms with E-state index in [0.29, 0.717) is 12.3 Å². The van der Waals surface area contributed by atoms with Crippen LogP contribution in [0.3, 0.4) is 0 Å². The van der Waals surface area contributed by atoms with E-state index in [9.17, 15) is 14.7 Å². The molecule has 2 unspecified atom stereocenters. The lowest BCUT2D eigenvalue weighted by Crippen LogP contribution is -2.49. The highest BCUT2D eigenvalue weighted by atomic mass is 16.4. The molecule has 0 bridgehead atoms. The maximum Gasteiger partial charge on any atom is 0.305 e. The molecule has 0 aromatic rings. The predicted octanol–water partition coefficient (Wildman–Crippen LogP) is 0.624. The summed E-state index contributed by atoms with van der Waals surface area (Å²) in [6, 6.07) is -1.49. The first-order chi connectivity index (χ1) is 9.40. The molecule has 20 heavy (non-hydrogen) atoms. The molecule has 0 aromatic heterocycles. The molecule has 116 valence electrons. The van der Waals surface area contributed by atoms with E-state index in [2.05, 4.69) is 5.32 Å². The van der Waals surface area contributed by atoms with Crippen LogP contribution in [0, 0.1) is 5.92 Å². The number of carbonyl (C=O) groups is 2. The van der Waals surface area contributed by atoms with Crippen LogP contribution in [0.2, 0.25) is 0 Å². The van der Waals surface area contributed by atoms with E-state index >= 15 is 0 Å². The van der Waals surface area contributed by atoms with Crippen LogP contribution in [0.25, 0.3) is 0 Å². The van der Waals surface area contributed by atoms with Crippen molar-refractivity contribution in [3.8, 4) is 0 Å². The summed E-state index contributed by atoms with van der Waals surface area (Å²) < 4.78 is 0. The van der Waals surface area contributed by atoms with E-state index in [1.165, 1.54) is 19.3 Å². The van der Waals surface area contributed by atoms with Gasteiger partial charge in [0, 0.05) is 0 Å². The average molecular weight is 286 g/mol. The Morgan fingerprint density at radius 2 is 1.90 bits per heavy atom. The molecule has 5 N–H and O–H groups in total. The number of rotatable bonds is 7. The van der Waals surface area contributed by atoms with E-state index in [4.69, 9.17) is 10.8 Å². The molecule has 0 spiro atoms. The van der Waals surface area contributed by atoms with Crippen molar-refractivity contribution in [2.75, 3.05) is 0 Å². The second-order valence-corrected chi connectivity index (χ2v) is 5.81. The Hall–Kier alpha value is -1.14. The molecule has 1 fully saturated rings. The molecule has 0 aromatic carbocycles. The summed E-state index contributed by atoms with van der Waals surface area (Å²) in [4.78, 5) is 22.2. The highest BCUT2D eigenvalue weighted by molar-refractivity contribution is 5.86. The zero-order valence-corrected chi connectivity index (χ0v) is 12.0. The smallest absolute Gasteiger partial charge is 0.305 e. The van der Waals surface area contributed by atoms with Gasteiger partial charge in [-0.3, -0.25) is 9.59 Å². The van der Waals surface area contributed by atoms with Crippen LogP contribution in [-0.4, -0.2) is 40.3 Å². The number of amides is 1. The van der Waals surface area contributed by atoms with Crippen molar-refractivity contribution >= 4 is 11.9 Å². The number of aliphatic hydroxyl groups is 1. The number of hydrogen-bond donors (Lipinski definition) is 4. The normalized spacial score (nSPS) is 20.9. The third-order valence-corrected chi connectivity index (χ3v) is 3.98. The standard InChI is InChI=1S/C14H26N2O4/c1-9(16-14(20)11(15)8-13(18)19)12(17)7-10-5-3-2-4-6-10/h9-12,17H,2-8,15H2,1H3,(H,16,20)(H,18,19)/t9?,11-,12?/m0/s1. The number of aliphatic hydroxyl groups excluding tert-OH is 1. The summed E-state index contributed by atoms with van der Waals surface area (Å²) in [7, 11) is 0. The molecule has 1 amide bonds. The fourth-order valence-corrected chi connectivity index (χ4v) is 2.68. The molecule has 0 radical (unpaired) electrons. The summed E-state index contributed by atoms with van der Waals surface area (Å²) in [5, 5.41) is 21.3. The van der Waals surface area contributed by atoms with Crippen molar-refractivity contribution in [2.24, 2.45) is 11.7 Å². The van der Waals surface area contributed by atoms with Crippen LogP contribution in [0.5, 0.6) is 0 Å². The van der Waals surface area contributed by atoms with E-state index in [-0.39, 0.29) is 0 Å². The lowest BCUT2D eigenvalue weighted by molar-refractivity contribution is -0.139. The van der Waals surface area contributed by atoms with Crippen molar-refractivity contribution in [3.05, 3.63) is 0 Å². The van der Waals surface area contributed by atoms with Crippen LogP contribution in [0.4, 0.5) is 0 Å². The van der Waals surface area contributed by atoms with Crippen molar-refractivity contribution in [1.82, 2.24) is 5.32 Å². The summed E-state index contributed by atoms with van der Waals surface area (Å²) in [5.41, 5.74) is 5.48. The molecular weight excluding hydrogens is 260 g/mol. The number of nitrogens with two attached hydrogens (primary N) is 1. The van der Waals surface area contributed by atoms with E-state index in [1.807, 2.05) is 0 Å². The zero-order valence-electron chi connectivity index (χ0n) is 12.0. The third kappa shape index (κ3) is 5.88. The minimum absolute atomic E-state index is 0.405. The number of aliphatic carboxylic acids is 1. The first-order valence-electron chi connectivity index (χ1n) is 7.36. The van der Waals surface area contributed by atoms with Crippen LogP contribution in [0.15, 0.2) is 0 Å². The Bertz CT molecular complexity index is 329. The van der Waals surface area contributed by atoms with Gasteiger partial charge in [-0.2, -0.15) is 0 Å². The van der Waals surface area contributed by atoms with Gasteiger partial charge in [0.2, 0.25) is 5.91 Å². The summed E-state index contributed by atoms with van der Waals surface area (Å²) in [5.74, 6) is -1.11. The lowest BCUT2D eigenvalue weighted by atomic mass is 9.84. The van der Waals surface area contributed by atoms with E-state index in [1.54, 1.807) is 6.92 Å². The lowest BCUT2D eigenvalue weighted by Gasteiger charge is -2.27. The van der Waals surface area contributed by atoms with Gasteiger partial charge >= 0.3 is 5.97 Å². The van der Waals surface area contributed by atoms with Gasteiger partial charge in [0.15, 0.2) is 0 Å². The Kier molecular flexibility index (Phi) is 6.95. The van der Waals surface area contributed by atoms with Crippen LogP contribution < -0.4 is 11.1 Å². The fourth-order valence-electron chi connectivity index (χ4n) is 2.68. The van der Waals surface area contributed by atoms with Gasteiger partial charge in [0.05, 0.1) is 24.6 Å². The van der Waals surface area contributed by atoms with Crippen molar-refractivity contribution in [2.45, 2.75) is 70.1 Å². The molecule has 1 saturated carbocycles. The Balaban J connectivity index is 2.34. The maximum atomic E-state index is 11.7. The average Bonchev–Trinajstić information content (AvgIpc) is 2.38. The second-order valence-electron chi connectivity index (χ2n) is 5.81. The SMILES string of the molecule is CC(NC(=O)[C@@H](N)CC(=O)O)C(O)CC1CCCCC1. The van der Waals surface area contributed by atoms with E-state index < -0.39 is 36.5 Å². The molecule has 3 atom stereocenters. The van der Waals surface area contributed by atoms with Crippen molar-refractivity contribution < 1.29 is 19.8 Å². The predicted molar refractivity (Wildman–Crippen MR) is 75.0 cm³/mol. The van der Waals surface area contributed by atoms with E-state index in [0.717, 1.165) is 12.8 Å². The first-order valence-corrected chi connectivity index (χ1v) is 7.36. The number of carboxylic acids is 1. The zero-order chi connectivity index (χ0) is 15.1. The number of carboxylic acid groups (broad SMARTS) is 1. The minimum atomic E-state index is -1.11. The molecule has 1 rings (SSSR count). The molecular formula is C14H26N2O4. The van der Waals surface area contributed by atoms with Gasteiger partial charge in [-0.15, -0.1) is 0 Å². The van der Waals surface area contributed by atoms with Gasteiger partial charge < -0.3 is 21.3 Å². The molecule has 0 heterocycles. The van der Waals surface area contributed by atoms with Crippen LogP contribution >= 0.6 is 0 Å². The van der Waals surface area contributed by atoms with Gasteiger partial charge in [-0.05, 0) is 19.3 Å². The van der Waals surface area contributed by atoms with Gasteiger partial charge in [-0.25, -0.2) is 0 Å². The van der Waals surface area contributed by atoms with Crippen LogP contribution in [-0.2, 0) is 9.59 Å². The van der Waals surface area contributed by atoms with Crippen molar-refractivity contribution in [1.29, 1.82) is 0 Å². The Labute approximate surface area is 119 Å². The Morgan fingerprint density at radius 1 is 1.30 bits per heavy atom. The quantitative estimate of drug-likeness (QED) is 0.548. The molecule has 1 aliphatic carbocycles. The summed E-state index contributed by atoms with van der Waals surface area (Å²) >= 11 is 0. The largest absolute Gasteiger partial charge is 0.481 e. The van der Waals surface area contributed by atoms with Crippen LogP contribution in [0.1, 0.15) is 51.9 Å². The van der Waals surface area contributed by atoms with Gasteiger partial charge in [0.1, 0.15) is 0 Å². The topological polar surface area (TPSA) is 113 Å². The summed E-state index contributed by atoms with van der Waals surface area (Å²) in [6.07, 6.45) is 5.62. The number of nitrogens with one attached hydrogen (secondary N) is 1. The highest BCUT2D eigenvalue weighted by Gasteiger charge is 2.25. The molecule has 0 saturated heterocycles.